The van der Waals surface area contributed by atoms with Crippen LogP contribution in [-0.2, 0) is 14.3 Å². The van der Waals surface area contributed by atoms with Crippen molar-refractivity contribution in [3.05, 3.63) is 0 Å². The first kappa shape index (κ1) is 15.9. The molecule has 0 rings (SSSR count). The number of likely N-dealkylation sites (N-methyl/N-ethyl adjacent to an activating group) is 1. The minimum atomic E-state index is -0.326. The van der Waals surface area contributed by atoms with Gasteiger partial charge in [0.1, 0.15) is 0 Å². The van der Waals surface area contributed by atoms with Crippen LogP contribution in [0.25, 0.3) is 0 Å². The second kappa shape index (κ2) is 8.06. The minimum Gasteiger partial charge on any atom is -0.468 e. The lowest BCUT2D eigenvalue weighted by molar-refractivity contribution is -0.143. The number of carbonyl (C=O) groups excluding carboxylic acids is 2. The predicted octanol–water partition coefficient (Wildman–Crippen LogP) is 0.785. The first-order valence-corrected chi connectivity index (χ1v) is 6.07. The maximum Gasteiger partial charge on any atom is 0.319 e. The van der Waals surface area contributed by atoms with Crippen molar-refractivity contribution in [1.29, 1.82) is 0 Å². The molecule has 0 fully saturated rings. The van der Waals surface area contributed by atoms with E-state index in [2.05, 4.69) is 10.1 Å². The molecule has 0 radical (unpaired) electrons. The van der Waals surface area contributed by atoms with Gasteiger partial charge in [0.2, 0.25) is 5.91 Å². The zero-order valence-electron chi connectivity index (χ0n) is 11.4. The largest absolute Gasteiger partial charge is 0.468 e. The van der Waals surface area contributed by atoms with E-state index in [9.17, 15) is 9.59 Å². The molecule has 0 saturated heterocycles. The molecule has 0 aromatic heterocycles. The van der Waals surface area contributed by atoms with Crippen LogP contribution in [0.15, 0.2) is 0 Å². The summed E-state index contributed by atoms with van der Waals surface area (Å²) >= 11 is 0. The Hall–Kier alpha value is -1.10. The Bertz CT molecular complexity index is 256. The number of nitrogens with zero attached hydrogens (tertiary/aromatic N) is 1. The average Bonchev–Trinajstić information content (AvgIpc) is 2.34. The zero-order chi connectivity index (χ0) is 13.4. The van der Waals surface area contributed by atoms with E-state index in [0.29, 0.717) is 6.54 Å². The lowest BCUT2D eigenvalue weighted by Gasteiger charge is -2.26. The fourth-order valence-corrected chi connectivity index (χ4v) is 1.38. The summed E-state index contributed by atoms with van der Waals surface area (Å²) < 4.78 is 4.60. The summed E-state index contributed by atoms with van der Waals surface area (Å²) in [5, 5.41) is 2.90. The van der Waals surface area contributed by atoms with E-state index in [-0.39, 0.29) is 30.5 Å². The zero-order valence-corrected chi connectivity index (χ0v) is 11.4. The lowest BCUT2D eigenvalue weighted by atomic mass is 10.2. The summed E-state index contributed by atoms with van der Waals surface area (Å²) in [5.74, 6) is -0.375. The summed E-state index contributed by atoms with van der Waals surface area (Å²) in [5.41, 5.74) is 0. The average molecular weight is 244 g/mol. The number of methoxy groups -OCH3 is 1. The number of carbonyl (C=O) groups is 2. The molecule has 0 aromatic rings. The van der Waals surface area contributed by atoms with Crippen LogP contribution in [0.4, 0.5) is 0 Å². The van der Waals surface area contributed by atoms with E-state index < -0.39 is 0 Å². The van der Waals surface area contributed by atoms with Gasteiger partial charge in [0.05, 0.1) is 19.7 Å². The Kier molecular flexibility index (Phi) is 7.54. The van der Waals surface area contributed by atoms with Crippen LogP contribution in [0.1, 0.15) is 34.1 Å². The highest BCUT2D eigenvalue weighted by Gasteiger charge is 2.22. The molecule has 5 heteroatoms. The molecule has 0 saturated carbocycles. The summed E-state index contributed by atoms with van der Waals surface area (Å²) in [4.78, 5) is 24.8. The molecule has 0 bridgehead atoms. The summed E-state index contributed by atoms with van der Waals surface area (Å²) in [6.07, 6.45) is 0.890. The smallest absolute Gasteiger partial charge is 0.319 e. The molecule has 1 N–H and O–H groups in total. The minimum absolute atomic E-state index is 0.0508. The van der Waals surface area contributed by atoms with Crippen LogP contribution < -0.4 is 5.32 Å². The SMILES string of the molecule is CCC(C)NC(=O)C(C)N(CC)CC(=O)OC. The quantitative estimate of drug-likeness (QED) is 0.673. The highest BCUT2D eigenvalue weighted by atomic mass is 16.5. The topological polar surface area (TPSA) is 58.6 Å². The van der Waals surface area contributed by atoms with E-state index >= 15 is 0 Å². The molecular weight excluding hydrogens is 220 g/mol. The van der Waals surface area contributed by atoms with E-state index in [0.717, 1.165) is 6.42 Å². The molecule has 5 nitrogen and oxygen atoms in total. The highest BCUT2D eigenvalue weighted by Crippen LogP contribution is 2.01. The van der Waals surface area contributed by atoms with Crippen molar-refractivity contribution in [2.45, 2.75) is 46.2 Å². The van der Waals surface area contributed by atoms with Gasteiger partial charge in [0, 0.05) is 6.04 Å². The van der Waals surface area contributed by atoms with Gasteiger partial charge in [-0.1, -0.05) is 13.8 Å². The third-order valence-corrected chi connectivity index (χ3v) is 2.89. The van der Waals surface area contributed by atoms with Crippen LogP contribution in [0.5, 0.6) is 0 Å². The molecule has 0 aliphatic rings. The Morgan fingerprint density at radius 1 is 1.29 bits per heavy atom. The molecule has 100 valence electrons. The second-order valence-corrected chi connectivity index (χ2v) is 4.13. The normalized spacial score (nSPS) is 14.2. The van der Waals surface area contributed by atoms with E-state index in [1.165, 1.54) is 7.11 Å². The van der Waals surface area contributed by atoms with Gasteiger partial charge in [0.25, 0.3) is 0 Å². The fraction of sp³-hybridized carbons (Fsp3) is 0.833. The van der Waals surface area contributed by atoms with Gasteiger partial charge in [-0.3, -0.25) is 14.5 Å². The standard InChI is InChI=1S/C12H24N2O3/c1-6-9(3)13-12(16)10(4)14(7-2)8-11(15)17-5/h9-10H,6-8H2,1-5H3,(H,13,16). The van der Waals surface area contributed by atoms with Crippen molar-refractivity contribution in [2.24, 2.45) is 0 Å². The van der Waals surface area contributed by atoms with Gasteiger partial charge < -0.3 is 10.1 Å². The third kappa shape index (κ3) is 5.68. The summed E-state index contributed by atoms with van der Waals surface area (Å²) in [7, 11) is 1.35. The number of nitrogens with one attached hydrogen (secondary N) is 1. The second-order valence-electron chi connectivity index (χ2n) is 4.13. The molecule has 0 aliphatic carbocycles. The van der Waals surface area contributed by atoms with Gasteiger partial charge in [-0.15, -0.1) is 0 Å². The Balaban J connectivity index is 4.36. The molecule has 2 unspecified atom stereocenters. The van der Waals surface area contributed by atoms with Gasteiger partial charge in [-0.25, -0.2) is 0 Å². The van der Waals surface area contributed by atoms with Crippen molar-refractivity contribution in [3.8, 4) is 0 Å². The van der Waals surface area contributed by atoms with E-state index in [1.54, 1.807) is 11.8 Å². The first-order chi connectivity index (χ1) is 7.96. The van der Waals surface area contributed by atoms with Crippen molar-refractivity contribution in [2.75, 3.05) is 20.2 Å². The van der Waals surface area contributed by atoms with Crippen molar-refractivity contribution in [3.63, 3.8) is 0 Å². The van der Waals surface area contributed by atoms with Gasteiger partial charge in [-0.05, 0) is 26.8 Å². The van der Waals surface area contributed by atoms with Crippen molar-refractivity contribution >= 4 is 11.9 Å². The molecule has 0 aromatic carbocycles. The predicted molar refractivity (Wildman–Crippen MR) is 66.6 cm³/mol. The monoisotopic (exact) mass is 244 g/mol. The molecule has 0 heterocycles. The number of esters is 1. The molecular formula is C12H24N2O3. The maximum atomic E-state index is 11.9. The van der Waals surface area contributed by atoms with Gasteiger partial charge >= 0.3 is 5.97 Å². The van der Waals surface area contributed by atoms with Gasteiger partial charge in [-0.2, -0.15) is 0 Å². The molecule has 17 heavy (non-hydrogen) atoms. The number of ether oxygens (including phenoxy) is 1. The van der Waals surface area contributed by atoms with Crippen LogP contribution in [0.3, 0.4) is 0 Å². The number of amides is 1. The Labute approximate surface area is 103 Å². The molecule has 0 spiro atoms. The van der Waals surface area contributed by atoms with Crippen LogP contribution in [-0.4, -0.2) is 49.1 Å². The van der Waals surface area contributed by atoms with Crippen LogP contribution >= 0.6 is 0 Å². The number of hydrogen-bond donors (Lipinski definition) is 1. The van der Waals surface area contributed by atoms with Crippen molar-refractivity contribution in [1.82, 2.24) is 10.2 Å². The van der Waals surface area contributed by atoms with Crippen molar-refractivity contribution < 1.29 is 14.3 Å². The van der Waals surface area contributed by atoms with Crippen LogP contribution in [0.2, 0.25) is 0 Å². The summed E-state index contributed by atoms with van der Waals surface area (Å²) in [6.45, 7) is 8.45. The van der Waals surface area contributed by atoms with Crippen LogP contribution in [0, 0.1) is 0 Å². The Morgan fingerprint density at radius 2 is 1.88 bits per heavy atom. The number of rotatable bonds is 7. The maximum absolute atomic E-state index is 11.9. The lowest BCUT2D eigenvalue weighted by Crippen LogP contribution is -2.49. The summed E-state index contributed by atoms with van der Waals surface area (Å²) in [6, 6.07) is -0.171. The molecule has 2 atom stereocenters. The third-order valence-electron chi connectivity index (χ3n) is 2.89. The number of hydrogen-bond acceptors (Lipinski definition) is 4. The Morgan fingerprint density at radius 3 is 2.29 bits per heavy atom. The van der Waals surface area contributed by atoms with E-state index in [4.69, 9.17) is 0 Å². The first-order valence-electron chi connectivity index (χ1n) is 6.07. The van der Waals surface area contributed by atoms with E-state index in [1.807, 2.05) is 20.8 Å². The highest BCUT2D eigenvalue weighted by molar-refractivity contribution is 5.82. The van der Waals surface area contributed by atoms with Gasteiger partial charge in [0.15, 0.2) is 0 Å². The fourth-order valence-electron chi connectivity index (χ4n) is 1.38. The molecule has 1 amide bonds. The molecule has 0 aliphatic heterocycles.